The summed E-state index contributed by atoms with van der Waals surface area (Å²) < 4.78 is 4.87. The Morgan fingerprint density at radius 3 is 1.33 bits per heavy atom. The Morgan fingerprint density at radius 1 is 0.458 bits per heavy atom. The number of rotatable bonds is 8. The maximum atomic E-state index is 13.0. The number of imidazole rings is 1. The largest absolute Gasteiger partial charge is 0.344 e. The molecule has 0 atom stereocenters. The Balaban J connectivity index is 0.000000177. The first-order valence-electron chi connectivity index (χ1n) is 22.3. The molecule has 9 heterocycles. The van der Waals surface area contributed by atoms with E-state index in [0.29, 0.717) is 28.6 Å². The number of hydrogen-bond acceptors (Lipinski definition) is 11. The van der Waals surface area contributed by atoms with Crippen LogP contribution in [0.3, 0.4) is 0 Å². The zero-order chi connectivity index (χ0) is 48.8. The van der Waals surface area contributed by atoms with Gasteiger partial charge in [0.05, 0.1) is 50.4 Å². The number of benzene rings is 3. The fraction of sp³-hybridized carbons (Fsp3) is 0.0741. The maximum Gasteiger partial charge on any atom is 0.291 e. The van der Waals surface area contributed by atoms with E-state index >= 15 is 0 Å². The Bertz CT molecular complexity index is 3750. The van der Waals surface area contributed by atoms with Crippen molar-refractivity contribution in [1.29, 1.82) is 0 Å². The van der Waals surface area contributed by atoms with Gasteiger partial charge in [-0.3, -0.25) is 44.3 Å². The number of aromatic nitrogens is 10. The molecule has 356 valence electrons. The van der Waals surface area contributed by atoms with E-state index in [1.807, 2.05) is 54.6 Å². The van der Waals surface area contributed by atoms with E-state index in [1.165, 1.54) is 18.0 Å². The van der Waals surface area contributed by atoms with Gasteiger partial charge in [-0.05, 0) is 48.5 Å². The topological polar surface area (TPSA) is 192 Å². The molecule has 18 heteroatoms. The van der Waals surface area contributed by atoms with Gasteiger partial charge in [0.1, 0.15) is 11.4 Å². The van der Waals surface area contributed by atoms with Gasteiger partial charge in [0.2, 0.25) is 0 Å². The van der Waals surface area contributed by atoms with E-state index in [0.717, 1.165) is 70.3 Å². The fourth-order valence-corrected chi connectivity index (χ4v) is 9.00. The average Bonchev–Trinajstić information content (AvgIpc) is 4.13. The number of anilines is 2. The summed E-state index contributed by atoms with van der Waals surface area (Å²) in [7, 11) is 5.17. The number of pyridine rings is 6. The summed E-state index contributed by atoms with van der Waals surface area (Å²) in [6.45, 7) is 0. The van der Waals surface area contributed by atoms with E-state index in [-0.39, 0.29) is 43.0 Å². The fourth-order valence-electron chi connectivity index (χ4n) is 8.17. The number of aryl methyl sites for hydroxylation is 3. The van der Waals surface area contributed by atoms with Crippen LogP contribution in [-0.4, -0.2) is 72.2 Å². The predicted molar refractivity (Wildman–Crippen MR) is 279 cm³/mol. The summed E-state index contributed by atoms with van der Waals surface area (Å²) in [5.74, 6) is -0.465. The average molecular weight is 1060 g/mol. The van der Waals surface area contributed by atoms with Crippen molar-refractivity contribution in [2.24, 2.45) is 21.1 Å². The molecule has 0 bridgehead atoms. The Kier molecular flexibility index (Phi) is 14.4. The second-order valence-electron chi connectivity index (χ2n) is 16.3. The molecule has 72 heavy (non-hydrogen) atoms. The minimum atomic E-state index is -0.389. The van der Waals surface area contributed by atoms with Crippen molar-refractivity contribution >= 4 is 106 Å². The smallest absolute Gasteiger partial charge is 0.291 e. The first-order valence-corrected chi connectivity index (χ1v) is 23.3. The third kappa shape index (κ3) is 10.3. The quantitative estimate of drug-likeness (QED) is 0.0568. The molecule has 0 unspecified atom stereocenters. The predicted octanol–water partition coefficient (Wildman–Crippen LogP) is 9.74. The van der Waals surface area contributed by atoms with E-state index in [9.17, 15) is 14.4 Å². The molecule has 0 aliphatic heterocycles. The number of nitrogens with one attached hydrogen (secondary N) is 3. The molecule has 3 amide bonds. The van der Waals surface area contributed by atoms with Crippen molar-refractivity contribution in [3.05, 3.63) is 194 Å². The van der Waals surface area contributed by atoms with Crippen LogP contribution in [0.15, 0.2) is 182 Å². The van der Waals surface area contributed by atoms with Crippen LogP contribution in [-0.2, 0) is 40.6 Å². The molecule has 9 aromatic heterocycles. The van der Waals surface area contributed by atoms with Crippen LogP contribution in [0, 0.1) is 0 Å². The van der Waals surface area contributed by atoms with Gasteiger partial charge in [-0.25, -0.2) is 4.98 Å². The van der Waals surface area contributed by atoms with Crippen molar-refractivity contribution in [2.45, 2.75) is 4.90 Å². The van der Waals surface area contributed by atoms with Crippen LogP contribution >= 0.6 is 11.8 Å². The normalized spacial score (nSPS) is 10.9. The van der Waals surface area contributed by atoms with Crippen molar-refractivity contribution in [3.8, 4) is 0 Å². The first kappa shape index (κ1) is 48.3. The number of carbonyl (C=O) groups excluding carboxylic acids is 3. The van der Waals surface area contributed by atoms with E-state index in [4.69, 9.17) is 0 Å². The molecule has 0 spiro atoms. The standard InChI is InChI=1S/C30H27N9O3S.2C12H8N2.Ru/c1-37-12-11-33-27(37)30(42)36-20-14-23(39(3)16-20)29(41)35-19-13-22(38(2)15-19)28(40)34-17-43-24-8-10-32-26-21(24)7-6-18-5-4-9-31-25(18)26;2*1-3-9-5-6-10-4-2-8-14-12(10)11(9)13-7-1;/h4-16H,17H2,1-3H3,(H,34,40)(H,35,41)(H,36,42);2*1-8H;. The number of amides is 3. The van der Waals surface area contributed by atoms with Crippen LogP contribution in [0.5, 0.6) is 0 Å². The van der Waals surface area contributed by atoms with Crippen molar-refractivity contribution in [1.82, 2.24) is 53.9 Å². The van der Waals surface area contributed by atoms with E-state index in [2.05, 4.69) is 99.4 Å². The van der Waals surface area contributed by atoms with Gasteiger partial charge in [0.15, 0.2) is 5.82 Å². The molecule has 0 aliphatic rings. The summed E-state index contributed by atoms with van der Waals surface area (Å²) in [6.07, 6.45) is 17.2. The number of hydrogen-bond donors (Lipinski definition) is 3. The maximum absolute atomic E-state index is 13.0. The number of fused-ring (bicyclic) bond motifs is 9. The third-order valence-corrected chi connectivity index (χ3v) is 12.6. The molecule has 0 radical (unpaired) electrons. The van der Waals surface area contributed by atoms with Gasteiger partial charge in [0.25, 0.3) is 17.7 Å². The number of nitrogens with zero attached hydrogens (tertiary/aromatic N) is 10. The zero-order valence-electron chi connectivity index (χ0n) is 38.9. The van der Waals surface area contributed by atoms with Gasteiger partial charge in [-0.2, -0.15) is 0 Å². The molecule has 0 aliphatic carbocycles. The summed E-state index contributed by atoms with van der Waals surface area (Å²) in [5, 5.41) is 15.1. The zero-order valence-corrected chi connectivity index (χ0v) is 41.5. The van der Waals surface area contributed by atoms with Crippen LogP contribution < -0.4 is 16.0 Å². The van der Waals surface area contributed by atoms with E-state index < -0.39 is 0 Å². The summed E-state index contributed by atoms with van der Waals surface area (Å²) in [6, 6.07) is 37.3. The Labute approximate surface area is 428 Å². The van der Waals surface area contributed by atoms with E-state index in [1.54, 1.807) is 103 Å². The first-order chi connectivity index (χ1) is 34.7. The summed E-state index contributed by atoms with van der Waals surface area (Å²) in [5.41, 5.74) is 7.20. The minimum Gasteiger partial charge on any atom is -0.344 e. The second-order valence-corrected chi connectivity index (χ2v) is 17.3. The minimum absolute atomic E-state index is 0. The summed E-state index contributed by atoms with van der Waals surface area (Å²) >= 11 is 1.49. The third-order valence-electron chi connectivity index (χ3n) is 11.6. The molecule has 0 saturated heterocycles. The molecule has 16 nitrogen and oxygen atoms in total. The van der Waals surface area contributed by atoms with Crippen molar-refractivity contribution < 1.29 is 33.9 Å². The molecule has 12 rings (SSSR count). The van der Waals surface area contributed by atoms with Crippen LogP contribution in [0.1, 0.15) is 31.6 Å². The second kappa shape index (κ2) is 21.5. The van der Waals surface area contributed by atoms with Crippen molar-refractivity contribution in [3.63, 3.8) is 0 Å². The number of thioether (sulfide) groups is 1. The van der Waals surface area contributed by atoms with Gasteiger partial charge >= 0.3 is 0 Å². The Hall–Kier alpha value is -8.73. The van der Waals surface area contributed by atoms with Gasteiger partial charge in [-0.15, -0.1) is 11.8 Å². The monoisotopic (exact) mass is 1060 g/mol. The van der Waals surface area contributed by atoms with Gasteiger partial charge in [-0.1, -0.05) is 66.7 Å². The van der Waals surface area contributed by atoms with Gasteiger partial charge in [0, 0.05) is 140 Å². The molecule has 3 aromatic carbocycles. The molecular formula is C54H43N13O3RuS. The summed E-state index contributed by atoms with van der Waals surface area (Å²) in [4.78, 5) is 70.0. The van der Waals surface area contributed by atoms with Crippen LogP contribution in [0.25, 0.3) is 65.4 Å². The van der Waals surface area contributed by atoms with Crippen LogP contribution in [0.2, 0.25) is 0 Å². The SMILES string of the molecule is Cn1cc(NC(=O)c2cc(NC(=O)c3nccn3C)cn2C)cc1C(=O)NCSc1ccnc2c1ccc1cccnc12.[Ru].c1cnc2c(c1)ccc1cccnc12.c1cnc2c(c1)ccc1cccnc12. The molecule has 12 aromatic rings. The van der Waals surface area contributed by atoms with Crippen LogP contribution in [0.4, 0.5) is 11.4 Å². The molecular weight excluding hydrogens is 1010 g/mol. The van der Waals surface area contributed by atoms with Crippen molar-refractivity contribution in [2.75, 3.05) is 16.5 Å². The molecule has 0 saturated carbocycles. The van der Waals surface area contributed by atoms with Gasteiger partial charge < -0.3 is 29.7 Å². The molecule has 3 N–H and O–H groups in total. The number of carbonyl (C=O) groups is 3. The Morgan fingerprint density at radius 2 is 0.875 bits per heavy atom. The molecule has 0 fully saturated rings.